The Hall–Kier alpha value is -4.11. The van der Waals surface area contributed by atoms with Crippen molar-refractivity contribution in [1.29, 1.82) is 0 Å². The maximum absolute atomic E-state index is 13.8. The zero-order valence-corrected chi connectivity index (χ0v) is 20.8. The Morgan fingerprint density at radius 2 is 1.76 bits per heavy atom. The average Bonchev–Trinajstić information content (AvgIpc) is 3.62. The number of rotatable bonds is 2. The first-order valence-electron chi connectivity index (χ1n) is 12.4. The number of nitrogens with one attached hydrogen (secondary N) is 2. The Morgan fingerprint density at radius 1 is 0.973 bits per heavy atom. The number of aliphatic imine (C=N–C) groups is 2. The molecule has 5 aliphatic heterocycles. The van der Waals surface area contributed by atoms with Crippen LogP contribution in [0.25, 0.3) is 12.2 Å². The second-order valence-corrected chi connectivity index (χ2v) is 10.8. The van der Waals surface area contributed by atoms with E-state index in [9.17, 15) is 4.79 Å². The van der Waals surface area contributed by atoms with Crippen molar-refractivity contribution in [3.63, 3.8) is 0 Å². The Balaban J connectivity index is 1.45. The molecule has 7 rings (SSSR count). The number of Topliss-reactive ketones (excluding diaryl/α,β-unsaturated/α-hetero) is 1. The van der Waals surface area contributed by atoms with Crippen LogP contribution in [0.2, 0.25) is 0 Å². The smallest absolute Gasteiger partial charge is 0.251 e. The lowest BCUT2D eigenvalue weighted by Crippen LogP contribution is -2.41. The van der Waals surface area contributed by atoms with Gasteiger partial charge in [0, 0.05) is 16.4 Å². The minimum atomic E-state index is -1.06. The first-order valence-corrected chi connectivity index (χ1v) is 12.4. The quantitative estimate of drug-likeness (QED) is 0.657. The maximum atomic E-state index is 13.8. The Kier molecular flexibility index (Phi) is 4.46. The summed E-state index contributed by atoms with van der Waals surface area (Å²) >= 11 is 0. The minimum absolute atomic E-state index is 0.0448. The Morgan fingerprint density at radius 3 is 2.51 bits per heavy atom. The third kappa shape index (κ3) is 3.45. The van der Waals surface area contributed by atoms with Crippen LogP contribution < -0.4 is 16.0 Å². The van der Waals surface area contributed by atoms with E-state index in [0.717, 1.165) is 33.5 Å². The number of fused-ring (bicyclic) bond motifs is 6. The number of hydrogen-bond donors (Lipinski definition) is 2. The molecular formula is C28H26N6O3. The molecule has 7 heterocycles. The first kappa shape index (κ1) is 22.1. The zero-order valence-electron chi connectivity index (χ0n) is 20.8. The third-order valence-corrected chi connectivity index (χ3v) is 7.52. The number of aromatic nitrogens is 3. The molecule has 2 aromatic rings. The van der Waals surface area contributed by atoms with Crippen LogP contribution in [-0.2, 0) is 15.1 Å². The lowest BCUT2D eigenvalue weighted by molar-refractivity contribution is -0.126. The summed E-state index contributed by atoms with van der Waals surface area (Å²) in [5.74, 6) is 1.03. The molecule has 0 amide bonds. The molecule has 37 heavy (non-hydrogen) atoms. The summed E-state index contributed by atoms with van der Waals surface area (Å²) in [6.07, 6.45) is 15.5. The van der Waals surface area contributed by atoms with Crippen LogP contribution in [0.3, 0.4) is 0 Å². The highest BCUT2D eigenvalue weighted by atomic mass is 16.5. The maximum Gasteiger partial charge on any atom is 0.251 e. The molecule has 8 bridgehead atoms. The Labute approximate surface area is 212 Å². The minimum Gasteiger partial charge on any atom is -0.421 e. The van der Waals surface area contributed by atoms with E-state index in [1.807, 2.05) is 81.5 Å². The lowest BCUT2D eigenvalue weighted by atomic mass is 9.80. The summed E-state index contributed by atoms with van der Waals surface area (Å²) in [6.45, 7) is 6.86. The van der Waals surface area contributed by atoms with Crippen molar-refractivity contribution in [3.05, 3.63) is 82.5 Å². The molecule has 9 heteroatoms. The molecule has 0 spiro atoms. The number of hydrogen-bond acceptors (Lipinski definition) is 8. The molecule has 9 nitrogen and oxygen atoms in total. The fraction of sp³-hybridized carbons (Fsp3) is 0.321. The topological polar surface area (TPSA) is 118 Å². The molecule has 2 aromatic heterocycles. The average molecular weight is 495 g/mol. The molecule has 0 saturated carbocycles. The van der Waals surface area contributed by atoms with Crippen molar-refractivity contribution in [2.24, 2.45) is 15.4 Å². The standard InChI is InChI=1S/C28H26N6O3/c1-26(2)22-13-28(25-34-33-23(37-25)16-14-36-15-16)9-8-20(31-28)11-19-5-4-17(29-19)10-18-6-7-21(30-18)12-27(3,32-22)24(26)35/h4-13,16,29,32H,14-15H2,1-3H3. The molecular weight excluding hydrogens is 468 g/mol. The van der Waals surface area contributed by atoms with Gasteiger partial charge in [0.15, 0.2) is 11.3 Å². The highest BCUT2D eigenvalue weighted by molar-refractivity contribution is 6.20. The second kappa shape index (κ2) is 7.45. The van der Waals surface area contributed by atoms with Crippen molar-refractivity contribution in [2.45, 2.75) is 37.8 Å². The molecule has 0 radical (unpaired) electrons. The molecule has 0 aliphatic carbocycles. The van der Waals surface area contributed by atoms with Gasteiger partial charge in [-0.3, -0.25) is 9.79 Å². The number of ketones is 1. The van der Waals surface area contributed by atoms with Crippen molar-refractivity contribution in [3.8, 4) is 0 Å². The largest absolute Gasteiger partial charge is 0.421 e. The molecule has 186 valence electrons. The first-order chi connectivity index (χ1) is 17.7. The highest BCUT2D eigenvalue weighted by Gasteiger charge is 2.53. The second-order valence-electron chi connectivity index (χ2n) is 10.8. The summed E-state index contributed by atoms with van der Waals surface area (Å²) < 4.78 is 11.5. The van der Waals surface area contributed by atoms with E-state index in [1.54, 1.807) is 0 Å². The summed E-state index contributed by atoms with van der Waals surface area (Å²) in [5.41, 5.74) is 0.226. The Bertz CT molecular complexity index is 1660. The zero-order chi connectivity index (χ0) is 25.4. The predicted molar refractivity (Wildman–Crippen MR) is 138 cm³/mol. The SMILES string of the molecule is CC12C=C3C=CC(=N3)C=c3ccc([nH]3)=CC3=NC(c4nnc(C5COC5)o4)(C=C3)C=C(N1)C(C)(C)C2=O. The summed E-state index contributed by atoms with van der Waals surface area (Å²) in [6, 6.07) is 4.00. The van der Waals surface area contributed by atoms with E-state index < -0.39 is 16.5 Å². The van der Waals surface area contributed by atoms with E-state index >= 15 is 0 Å². The third-order valence-electron chi connectivity index (χ3n) is 7.52. The summed E-state index contributed by atoms with van der Waals surface area (Å²) in [5, 5.41) is 14.0. The number of allylic oxidation sites excluding steroid dienone is 4. The van der Waals surface area contributed by atoms with Crippen LogP contribution in [0.1, 0.15) is 38.5 Å². The fourth-order valence-electron chi connectivity index (χ4n) is 5.35. The molecule has 2 N–H and O–H groups in total. The van der Waals surface area contributed by atoms with E-state index in [-0.39, 0.29) is 11.7 Å². The summed E-state index contributed by atoms with van der Waals surface area (Å²) in [4.78, 5) is 26.9. The highest BCUT2D eigenvalue weighted by Crippen LogP contribution is 2.44. The van der Waals surface area contributed by atoms with Gasteiger partial charge in [-0.15, -0.1) is 10.2 Å². The van der Waals surface area contributed by atoms with Gasteiger partial charge in [0.1, 0.15) is 5.54 Å². The summed E-state index contributed by atoms with van der Waals surface area (Å²) in [7, 11) is 0. The van der Waals surface area contributed by atoms with Gasteiger partial charge in [0.2, 0.25) is 5.89 Å². The molecule has 2 atom stereocenters. The van der Waals surface area contributed by atoms with E-state index in [2.05, 4.69) is 20.5 Å². The van der Waals surface area contributed by atoms with Crippen LogP contribution in [-0.4, -0.2) is 51.1 Å². The molecule has 2 fully saturated rings. The van der Waals surface area contributed by atoms with Crippen LogP contribution in [0.4, 0.5) is 0 Å². The van der Waals surface area contributed by atoms with Gasteiger partial charge in [-0.25, -0.2) is 4.99 Å². The monoisotopic (exact) mass is 494 g/mol. The van der Waals surface area contributed by atoms with Gasteiger partial charge in [0.05, 0.1) is 41.7 Å². The number of H-pyrrole nitrogens is 1. The van der Waals surface area contributed by atoms with Crippen LogP contribution in [0, 0.1) is 5.41 Å². The van der Waals surface area contributed by atoms with Crippen molar-refractivity contribution in [1.82, 2.24) is 20.5 Å². The van der Waals surface area contributed by atoms with Gasteiger partial charge >= 0.3 is 0 Å². The molecule has 2 saturated heterocycles. The van der Waals surface area contributed by atoms with Gasteiger partial charge < -0.3 is 19.5 Å². The van der Waals surface area contributed by atoms with Crippen molar-refractivity contribution >= 4 is 29.4 Å². The van der Waals surface area contributed by atoms with Gasteiger partial charge in [-0.2, -0.15) is 0 Å². The predicted octanol–water partition coefficient (Wildman–Crippen LogP) is 1.73. The fourth-order valence-corrected chi connectivity index (χ4v) is 5.35. The lowest BCUT2D eigenvalue weighted by Gasteiger charge is -2.23. The van der Waals surface area contributed by atoms with E-state index in [4.69, 9.17) is 19.1 Å². The van der Waals surface area contributed by atoms with Gasteiger partial charge in [-0.05, 0) is 81.5 Å². The number of carbonyl (C=O) groups is 1. The molecule has 5 aliphatic rings. The number of ether oxygens (including phenoxy) is 1. The van der Waals surface area contributed by atoms with Crippen molar-refractivity contribution in [2.75, 3.05) is 13.2 Å². The molecule has 2 unspecified atom stereocenters. The normalized spacial score (nSPS) is 29.5. The van der Waals surface area contributed by atoms with Gasteiger partial charge in [-0.1, -0.05) is 0 Å². The van der Waals surface area contributed by atoms with Crippen LogP contribution in [0.15, 0.2) is 74.4 Å². The van der Waals surface area contributed by atoms with Crippen molar-refractivity contribution < 1.29 is 13.9 Å². The number of nitrogens with zero attached hydrogens (tertiary/aromatic N) is 4. The number of aromatic amines is 1. The van der Waals surface area contributed by atoms with Gasteiger partial charge in [0.25, 0.3) is 5.89 Å². The van der Waals surface area contributed by atoms with E-state index in [0.29, 0.717) is 25.0 Å². The van der Waals surface area contributed by atoms with Crippen LogP contribution in [0.5, 0.6) is 0 Å². The van der Waals surface area contributed by atoms with E-state index in [1.165, 1.54) is 0 Å². The molecule has 0 aromatic carbocycles. The number of carbonyl (C=O) groups excluding carboxylic acids is 1. The van der Waals surface area contributed by atoms with Crippen LogP contribution >= 0.6 is 0 Å².